The van der Waals surface area contributed by atoms with E-state index < -0.39 is 10.0 Å². The average molecular weight is 249 g/mol. The van der Waals surface area contributed by atoms with Crippen LogP contribution in [0.3, 0.4) is 0 Å². The Labute approximate surface area is 94.2 Å². The molecule has 0 saturated heterocycles. The molecule has 0 aliphatic rings. The van der Waals surface area contributed by atoms with E-state index in [2.05, 4.69) is 0 Å². The van der Waals surface area contributed by atoms with Crippen LogP contribution in [0.2, 0.25) is 0 Å². The standard InChI is InChI=1S/C9H15NO3S2/c1-3-4-10(2)15(12,13)9-5-8(6-11)14-7-9/h5,7,11H,3-4,6H2,1-2H3. The summed E-state index contributed by atoms with van der Waals surface area (Å²) in [6.45, 7) is 2.32. The Balaban J connectivity index is 2.95. The highest BCUT2D eigenvalue weighted by molar-refractivity contribution is 7.89. The molecule has 0 radical (unpaired) electrons. The van der Waals surface area contributed by atoms with Crippen LogP contribution < -0.4 is 0 Å². The molecule has 0 amide bonds. The number of nitrogens with zero attached hydrogens (tertiary/aromatic N) is 1. The van der Waals surface area contributed by atoms with Gasteiger partial charge in [0.05, 0.1) is 11.5 Å². The molecule has 1 aromatic heterocycles. The van der Waals surface area contributed by atoms with Crippen molar-refractivity contribution in [2.24, 2.45) is 0 Å². The van der Waals surface area contributed by atoms with Gasteiger partial charge in [0.25, 0.3) is 0 Å². The second kappa shape index (κ2) is 5.07. The van der Waals surface area contributed by atoms with E-state index in [9.17, 15) is 8.42 Å². The lowest BCUT2D eigenvalue weighted by molar-refractivity contribution is 0.285. The second-order valence-corrected chi connectivity index (χ2v) is 6.27. The maximum atomic E-state index is 11.9. The molecule has 0 atom stereocenters. The molecule has 0 aromatic carbocycles. The maximum Gasteiger partial charge on any atom is 0.243 e. The number of thiophene rings is 1. The minimum atomic E-state index is -3.36. The van der Waals surface area contributed by atoms with Gasteiger partial charge in [0.2, 0.25) is 10.0 Å². The highest BCUT2D eigenvalue weighted by Crippen LogP contribution is 2.21. The normalized spacial score (nSPS) is 12.3. The van der Waals surface area contributed by atoms with Gasteiger partial charge in [-0.15, -0.1) is 11.3 Å². The molecular formula is C9H15NO3S2. The summed E-state index contributed by atoms with van der Waals surface area (Å²) in [5, 5.41) is 10.4. The summed E-state index contributed by atoms with van der Waals surface area (Å²) in [6.07, 6.45) is 0.784. The van der Waals surface area contributed by atoms with Crippen molar-refractivity contribution in [3.8, 4) is 0 Å². The van der Waals surface area contributed by atoms with E-state index in [0.29, 0.717) is 11.4 Å². The third kappa shape index (κ3) is 2.78. The average Bonchev–Trinajstić information content (AvgIpc) is 2.66. The SMILES string of the molecule is CCCN(C)S(=O)(=O)c1csc(CO)c1. The third-order valence-corrected chi connectivity index (χ3v) is 4.94. The molecular weight excluding hydrogens is 234 g/mol. The largest absolute Gasteiger partial charge is 0.391 e. The fourth-order valence-electron chi connectivity index (χ4n) is 1.19. The molecule has 0 unspecified atom stereocenters. The summed E-state index contributed by atoms with van der Waals surface area (Å²) >= 11 is 1.26. The smallest absolute Gasteiger partial charge is 0.243 e. The Morgan fingerprint density at radius 3 is 2.67 bits per heavy atom. The Bertz CT molecular complexity index is 411. The van der Waals surface area contributed by atoms with Gasteiger partial charge in [0.15, 0.2) is 0 Å². The molecule has 0 saturated carbocycles. The van der Waals surface area contributed by atoms with Crippen LogP contribution in [-0.2, 0) is 16.6 Å². The van der Waals surface area contributed by atoms with Gasteiger partial charge in [-0.2, -0.15) is 0 Å². The summed E-state index contributed by atoms with van der Waals surface area (Å²) in [7, 11) is -1.79. The number of hydrogen-bond donors (Lipinski definition) is 1. The molecule has 1 heterocycles. The Kier molecular flexibility index (Phi) is 4.27. The third-order valence-electron chi connectivity index (χ3n) is 2.03. The van der Waals surface area contributed by atoms with E-state index in [1.807, 2.05) is 6.92 Å². The number of aliphatic hydroxyl groups is 1. The second-order valence-electron chi connectivity index (χ2n) is 3.23. The lowest BCUT2D eigenvalue weighted by atomic mass is 10.5. The van der Waals surface area contributed by atoms with Crippen molar-refractivity contribution < 1.29 is 13.5 Å². The maximum absolute atomic E-state index is 11.9. The van der Waals surface area contributed by atoms with Crippen LogP contribution in [0.1, 0.15) is 18.2 Å². The van der Waals surface area contributed by atoms with Crippen molar-refractivity contribution in [1.29, 1.82) is 0 Å². The van der Waals surface area contributed by atoms with Crippen molar-refractivity contribution in [2.75, 3.05) is 13.6 Å². The summed E-state index contributed by atoms with van der Waals surface area (Å²) < 4.78 is 25.1. The zero-order chi connectivity index (χ0) is 11.5. The van der Waals surface area contributed by atoms with Crippen molar-refractivity contribution in [3.63, 3.8) is 0 Å². The van der Waals surface area contributed by atoms with Crippen LogP contribution in [0.25, 0.3) is 0 Å². The number of aliphatic hydroxyl groups excluding tert-OH is 1. The monoisotopic (exact) mass is 249 g/mol. The van der Waals surface area contributed by atoms with Gasteiger partial charge < -0.3 is 5.11 Å². The van der Waals surface area contributed by atoms with Crippen molar-refractivity contribution in [3.05, 3.63) is 16.3 Å². The molecule has 0 aliphatic heterocycles. The van der Waals surface area contributed by atoms with E-state index in [0.717, 1.165) is 6.42 Å². The van der Waals surface area contributed by atoms with Gasteiger partial charge in [0.1, 0.15) is 0 Å². The molecule has 1 N–H and O–H groups in total. The summed E-state index contributed by atoms with van der Waals surface area (Å²) in [6, 6.07) is 1.52. The van der Waals surface area contributed by atoms with Gasteiger partial charge in [-0.05, 0) is 12.5 Å². The van der Waals surface area contributed by atoms with Crippen LogP contribution >= 0.6 is 11.3 Å². The number of hydrogen-bond acceptors (Lipinski definition) is 4. The first-order valence-electron chi connectivity index (χ1n) is 4.67. The highest BCUT2D eigenvalue weighted by Gasteiger charge is 2.21. The van der Waals surface area contributed by atoms with Gasteiger partial charge in [-0.3, -0.25) is 0 Å². The van der Waals surface area contributed by atoms with Crippen LogP contribution in [0.15, 0.2) is 16.3 Å². The van der Waals surface area contributed by atoms with E-state index in [1.165, 1.54) is 21.7 Å². The van der Waals surface area contributed by atoms with E-state index in [1.54, 1.807) is 12.4 Å². The minimum Gasteiger partial charge on any atom is -0.391 e. The fraction of sp³-hybridized carbons (Fsp3) is 0.556. The van der Waals surface area contributed by atoms with Crippen molar-refractivity contribution in [1.82, 2.24) is 4.31 Å². The molecule has 0 bridgehead atoms. The zero-order valence-electron chi connectivity index (χ0n) is 8.80. The molecule has 1 aromatic rings. The molecule has 0 fully saturated rings. The summed E-state index contributed by atoms with van der Waals surface area (Å²) in [4.78, 5) is 0.936. The van der Waals surface area contributed by atoms with E-state index in [4.69, 9.17) is 5.11 Å². The lowest BCUT2D eigenvalue weighted by Gasteiger charge is -2.14. The predicted molar refractivity (Wildman–Crippen MR) is 60.3 cm³/mol. The van der Waals surface area contributed by atoms with E-state index >= 15 is 0 Å². The molecule has 0 aliphatic carbocycles. The molecule has 1 rings (SSSR count). The first-order valence-corrected chi connectivity index (χ1v) is 6.99. The quantitative estimate of drug-likeness (QED) is 0.855. The zero-order valence-corrected chi connectivity index (χ0v) is 10.4. The number of rotatable bonds is 5. The van der Waals surface area contributed by atoms with Crippen molar-refractivity contribution >= 4 is 21.4 Å². The van der Waals surface area contributed by atoms with Gasteiger partial charge in [-0.25, -0.2) is 12.7 Å². The highest BCUT2D eigenvalue weighted by atomic mass is 32.2. The Hall–Kier alpha value is -0.430. The Morgan fingerprint density at radius 1 is 1.53 bits per heavy atom. The molecule has 15 heavy (non-hydrogen) atoms. The molecule has 4 nitrogen and oxygen atoms in total. The van der Waals surface area contributed by atoms with Crippen LogP contribution in [0.4, 0.5) is 0 Å². The van der Waals surface area contributed by atoms with Gasteiger partial charge in [0, 0.05) is 23.8 Å². The molecule has 86 valence electrons. The predicted octanol–water partition coefficient (Wildman–Crippen LogP) is 1.27. The number of sulfonamides is 1. The summed E-state index contributed by atoms with van der Waals surface area (Å²) in [5.74, 6) is 0. The minimum absolute atomic E-state index is 0.113. The lowest BCUT2D eigenvalue weighted by Crippen LogP contribution is -2.27. The topological polar surface area (TPSA) is 57.6 Å². The molecule has 6 heteroatoms. The fourth-order valence-corrected chi connectivity index (χ4v) is 3.58. The van der Waals surface area contributed by atoms with Gasteiger partial charge >= 0.3 is 0 Å². The molecule has 0 spiro atoms. The Morgan fingerprint density at radius 2 is 2.20 bits per heavy atom. The first kappa shape index (κ1) is 12.6. The van der Waals surface area contributed by atoms with Crippen LogP contribution in [-0.4, -0.2) is 31.4 Å². The van der Waals surface area contributed by atoms with Crippen molar-refractivity contribution in [2.45, 2.75) is 24.8 Å². The summed E-state index contributed by atoms with van der Waals surface area (Å²) in [5.41, 5.74) is 0. The van der Waals surface area contributed by atoms with Crippen LogP contribution in [0, 0.1) is 0 Å². The van der Waals surface area contributed by atoms with Crippen LogP contribution in [0.5, 0.6) is 0 Å². The van der Waals surface area contributed by atoms with Gasteiger partial charge in [-0.1, -0.05) is 6.92 Å². The first-order chi connectivity index (χ1) is 7.02. The van der Waals surface area contributed by atoms with E-state index in [-0.39, 0.29) is 11.5 Å².